The van der Waals surface area contributed by atoms with Gasteiger partial charge in [-0.25, -0.2) is 0 Å². The first-order valence-electron chi connectivity index (χ1n) is 9.61. The molecule has 1 aromatic carbocycles. The molecule has 2 aliphatic carbocycles. The number of nitrogens with one attached hydrogen (secondary N) is 1. The number of rotatable bonds is 6. The van der Waals surface area contributed by atoms with Gasteiger partial charge in [-0.15, -0.1) is 0 Å². The summed E-state index contributed by atoms with van der Waals surface area (Å²) in [6.45, 7) is 0.793. The van der Waals surface area contributed by atoms with E-state index in [0.717, 1.165) is 36.4 Å². The van der Waals surface area contributed by atoms with Gasteiger partial charge < -0.3 is 14.6 Å². The van der Waals surface area contributed by atoms with E-state index in [0.29, 0.717) is 11.7 Å². The fourth-order valence-electron chi connectivity index (χ4n) is 3.94. The Balaban J connectivity index is 1.45. The second-order valence-corrected chi connectivity index (χ2v) is 7.60. The monoisotopic (exact) mass is 354 g/mol. The predicted molar refractivity (Wildman–Crippen MR) is 99.0 cm³/mol. The largest absolute Gasteiger partial charge is 0.497 e. The molecule has 0 saturated heterocycles. The maximum Gasteiger partial charge on any atom is 0.232 e. The molecule has 5 nitrogen and oxygen atoms in total. The van der Waals surface area contributed by atoms with E-state index < -0.39 is 5.41 Å². The number of hydrogen-bond acceptors (Lipinski definition) is 4. The maximum absolute atomic E-state index is 12.8. The van der Waals surface area contributed by atoms with Crippen molar-refractivity contribution < 1.29 is 14.1 Å². The Hall–Kier alpha value is -2.30. The summed E-state index contributed by atoms with van der Waals surface area (Å²) >= 11 is 0. The average Bonchev–Trinajstić information content (AvgIpc) is 3.36. The fourth-order valence-corrected chi connectivity index (χ4v) is 3.94. The highest BCUT2D eigenvalue weighted by Gasteiger charge is 2.53. The molecular formula is C21H26N2O3. The normalized spacial score (nSPS) is 19.1. The van der Waals surface area contributed by atoms with Crippen LogP contribution in [-0.4, -0.2) is 24.7 Å². The van der Waals surface area contributed by atoms with Crippen LogP contribution >= 0.6 is 0 Å². The molecule has 2 fully saturated rings. The van der Waals surface area contributed by atoms with Crippen LogP contribution in [0, 0.1) is 5.92 Å². The van der Waals surface area contributed by atoms with Gasteiger partial charge in [-0.2, -0.15) is 0 Å². The van der Waals surface area contributed by atoms with Crippen molar-refractivity contribution in [1.82, 2.24) is 10.5 Å². The highest BCUT2D eigenvalue weighted by Crippen LogP contribution is 2.48. The smallest absolute Gasteiger partial charge is 0.232 e. The zero-order valence-corrected chi connectivity index (χ0v) is 15.3. The van der Waals surface area contributed by atoms with Crippen LogP contribution in [0.1, 0.15) is 50.6 Å². The lowest BCUT2D eigenvalue weighted by Crippen LogP contribution is -2.38. The number of ether oxygens (including phenoxy) is 1. The standard InChI is InChI=1S/C21H26N2O3/c1-25-17-9-5-8-16(12-17)18-13-19(23-26-18)21(10-11-21)20(24)22-14-15-6-3-2-4-7-15/h5,8-9,12-13,15H,2-4,6-7,10-11,14H2,1H3,(H,22,24). The van der Waals surface area contributed by atoms with E-state index in [9.17, 15) is 4.79 Å². The molecule has 26 heavy (non-hydrogen) atoms. The summed E-state index contributed by atoms with van der Waals surface area (Å²) < 4.78 is 10.8. The van der Waals surface area contributed by atoms with Gasteiger partial charge in [0.2, 0.25) is 5.91 Å². The SMILES string of the molecule is COc1cccc(-c2cc(C3(C(=O)NCC4CCCCC4)CC3)no2)c1. The molecule has 2 aliphatic rings. The van der Waals surface area contributed by atoms with Gasteiger partial charge in [0.15, 0.2) is 5.76 Å². The second-order valence-electron chi connectivity index (χ2n) is 7.60. The van der Waals surface area contributed by atoms with E-state index in [4.69, 9.17) is 9.26 Å². The molecule has 0 spiro atoms. The van der Waals surface area contributed by atoms with Gasteiger partial charge in [-0.3, -0.25) is 4.79 Å². The van der Waals surface area contributed by atoms with E-state index in [1.54, 1.807) is 7.11 Å². The number of benzene rings is 1. The van der Waals surface area contributed by atoms with Crippen molar-refractivity contribution in [3.05, 3.63) is 36.0 Å². The number of carbonyl (C=O) groups excluding carboxylic acids is 1. The minimum Gasteiger partial charge on any atom is -0.497 e. The predicted octanol–water partition coefficient (Wildman–Crippen LogP) is 4.08. The first kappa shape index (κ1) is 17.1. The number of methoxy groups -OCH3 is 1. The number of carbonyl (C=O) groups is 1. The lowest BCUT2D eigenvalue weighted by Gasteiger charge is -2.23. The molecule has 4 rings (SSSR count). The molecule has 1 heterocycles. The van der Waals surface area contributed by atoms with E-state index in [1.807, 2.05) is 30.3 Å². The number of aromatic nitrogens is 1. The van der Waals surface area contributed by atoms with Gasteiger partial charge in [-0.1, -0.05) is 36.6 Å². The van der Waals surface area contributed by atoms with Gasteiger partial charge in [-0.05, 0) is 43.7 Å². The molecule has 1 N–H and O–H groups in total. The van der Waals surface area contributed by atoms with Crippen LogP contribution in [0.4, 0.5) is 0 Å². The van der Waals surface area contributed by atoms with Crippen molar-refractivity contribution >= 4 is 5.91 Å². The van der Waals surface area contributed by atoms with Gasteiger partial charge in [0.05, 0.1) is 18.2 Å². The van der Waals surface area contributed by atoms with Crippen LogP contribution in [0.5, 0.6) is 5.75 Å². The third-order valence-corrected chi connectivity index (χ3v) is 5.82. The molecule has 1 amide bonds. The minimum absolute atomic E-state index is 0.105. The molecule has 0 bridgehead atoms. The summed E-state index contributed by atoms with van der Waals surface area (Å²) in [5.41, 5.74) is 1.16. The first-order valence-corrected chi connectivity index (χ1v) is 9.61. The third-order valence-electron chi connectivity index (χ3n) is 5.82. The maximum atomic E-state index is 12.8. The van der Waals surface area contributed by atoms with Crippen molar-refractivity contribution in [1.29, 1.82) is 0 Å². The first-order chi connectivity index (χ1) is 12.7. The Morgan fingerprint density at radius 2 is 2.08 bits per heavy atom. The molecule has 5 heteroatoms. The van der Waals surface area contributed by atoms with Crippen molar-refractivity contribution in [3.63, 3.8) is 0 Å². The number of amides is 1. The van der Waals surface area contributed by atoms with E-state index in [1.165, 1.54) is 32.1 Å². The fraction of sp³-hybridized carbons (Fsp3) is 0.524. The Morgan fingerprint density at radius 3 is 2.81 bits per heavy atom. The van der Waals surface area contributed by atoms with Crippen LogP contribution in [0.3, 0.4) is 0 Å². The highest BCUT2D eigenvalue weighted by atomic mass is 16.5. The van der Waals surface area contributed by atoms with Crippen LogP contribution in [0.2, 0.25) is 0 Å². The minimum atomic E-state index is -0.491. The quantitative estimate of drug-likeness (QED) is 0.849. The molecule has 2 saturated carbocycles. The van der Waals surface area contributed by atoms with Crippen molar-refractivity contribution in [3.8, 4) is 17.1 Å². The molecule has 138 valence electrons. The zero-order valence-electron chi connectivity index (χ0n) is 15.3. The van der Waals surface area contributed by atoms with Crippen LogP contribution < -0.4 is 10.1 Å². The van der Waals surface area contributed by atoms with Crippen LogP contribution in [0.25, 0.3) is 11.3 Å². The van der Waals surface area contributed by atoms with E-state index >= 15 is 0 Å². The molecule has 0 aliphatic heterocycles. The molecular weight excluding hydrogens is 328 g/mol. The molecule has 1 aromatic heterocycles. The summed E-state index contributed by atoms with van der Waals surface area (Å²) in [5.74, 6) is 2.18. The lowest BCUT2D eigenvalue weighted by atomic mass is 9.89. The molecule has 0 unspecified atom stereocenters. The number of hydrogen-bond donors (Lipinski definition) is 1. The number of nitrogens with zero attached hydrogens (tertiary/aromatic N) is 1. The van der Waals surface area contributed by atoms with E-state index in [2.05, 4.69) is 10.5 Å². The summed E-state index contributed by atoms with van der Waals surface area (Å²) in [4.78, 5) is 12.8. The Labute approximate surface area is 154 Å². The zero-order chi connectivity index (χ0) is 18.0. The summed E-state index contributed by atoms with van der Waals surface area (Å²) in [6, 6.07) is 9.58. The van der Waals surface area contributed by atoms with Crippen molar-refractivity contribution in [2.45, 2.75) is 50.4 Å². The topological polar surface area (TPSA) is 64.4 Å². The second kappa shape index (κ2) is 7.14. The average molecular weight is 354 g/mol. The van der Waals surface area contributed by atoms with Crippen molar-refractivity contribution in [2.24, 2.45) is 5.92 Å². The summed E-state index contributed by atoms with van der Waals surface area (Å²) in [6.07, 6.45) is 8.06. The highest BCUT2D eigenvalue weighted by molar-refractivity contribution is 5.91. The Bertz CT molecular complexity index is 773. The van der Waals surface area contributed by atoms with Crippen LogP contribution in [-0.2, 0) is 10.2 Å². The molecule has 0 atom stereocenters. The molecule has 0 radical (unpaired) electrons. The Kier molecular flexibility index (Phi) is 4.70. The lowest BCUT2D eigenvalue weighted by molar-refractivity contribution is -0.123. The summed E-state index contributed by atoms with van der Waals surface area (Å²) in [5, 5.41) is 7.40. The Morgan fingerprint density at radius 1 is 1.27 bits per heavy atom. The molecule has 2 aromatic rings. The van der Waals surface area contributed by atoms with Crippen LogP contribution in [0.15, 0.2) is 34.9 Å². The third kappa shape index (κ3) is 3.35. The van der Waals surface area contributed by atoms with E-state index in [-0.39, 0.29) is 5.91 Å². The van der Waals surface area contributed by atoms with Gasteiger partial charge in [0.1, 0.15) is 5.75 Å². The van der Waals surface area contributed by atoms with Gasteiger partial charge >= 0.3 is 0 Å². The van der Waals surface area contributed by atoms with Crippen molar-refractivity contribution in [2.75, 3.05) is 13.7 Å². The van der Waals surface area contributed by atoms with Gasteiger partial charge in [0.25, 0.3) is 0 Å². The van der Waals surface area contributed by atoms with Gasteiger partial charge in [0, 0.05) is 18.2 Å². The summed E-state index contributed by atoms with van der Waals surface area (Å²) in [7, 11) is 1.64.